The molecule has 1 aromatic carbocycles. The minimum Gasteiger partial charge on any atom is -0.354 e. The van der Waals surface area contributed by atoms with Crippen LogP contribution in [-0.4, -0.2) is 10.6 Å². The number of rotatable bonds is 7. The van der Waals surface area contributed by atoms with Crippen molar-refractivity contribution in [3.05, 3.63) is 66.5 Å². The number of hydrogen-bond acceptors (Lipinski definition) is 3. The van der Waals surface area contributed by atoms with Crippen molar-refractivity contribution < 1.29 is 0 Å². The van der Waals surface area contributed by atoms with Crippen molar-refractivity contribution in [2.75, 3.05) is 5.32 Å². The Morgan fingerprint density at radius 2 is 1.86 bits per heavy atom. The number of allylic oxidation sites excluding steroid dienone is 2. The molecule has 2 nitrogen and oxygen atoms in total. The molecule has 0 atom stereocenters. The molecule has 0 aromatic heterocycles. The molecule has 0 spiro atoms. The van der Waals surface area contributed by atoms with E-state index >= 15 is 0 Å². The Kier molecular flexibility index (Phi) is 6.76. The molecule has 0 saturated heterocycles. The monoisotopic (exact) mass is 298 g/mol. The van der Waals surface area contributed by atoms with E-state index in [1.807, 2.05) is 32.9 Å². The number of aliphatic imine (C=N–C) groups is 1. The van der Waals surface area contributed by atoms with Crippen LogP contribution >= 0.6 is 12.2 Å². The lowest BCUT2D eigenvalue weighted by Crippen LogP contribution is -2.07. The lowest BCUT2D eigenvalue weighted by molar-refractivity contribution is 1.33. The number of nitrogens with one attached hydrogen (secondary N) is 1. The molecular weight excluding hydrogens is 276 g/mol. The molecule has 0 amide bonds. The Morgan fingerprint density at radius 3 is 2.33 bits per heavy atom. The van der Waals surface area contributed by atoms with Crippen LogP contribution in [0.5, 0.6) is 0 Å². The van der Waals surface area contributed by atoms with Crippen LogP contribution in [0.25, 0.3) is 0 Å². The van der Waals surface area contributed by atoms with E-state index in [2.05, 4.69) is 35.6 Å². The molecule has 0 aliphatic rings. The van der Waals surface area contributed by atoms with Gasteiger partial charge in [0.1, 0.15) is 0 Å². The molecule has 110 valence electrons. The molecule has 0 heterocycles. The fraction of sp³-hybridized carbons (Fsp3) is 0.222. The first kappa shape index (κ1) is 17.1. The molecular formula is C18H22N2S. The highest BCUT2D eigenvalue weighted by Crippen LogP contribution is 2.13. The van der Waals surface area contributed by atoms with Crippen molar-refractivity contribution in [2.24, 2.45) is 4.99 Å². The second kappa shape index (κ2) is 8.32. The summed E-state index contributed by atoms with van der Waals surface area (Å²) in [5, 5.41) is 3.24. The lowest BCUT2D eigenvalue weighted by Gasteiger charge is -2.10. The third-order valence-electron chi connectivity index (χ3n) is 2.67. The summed E-state index contributed by atoms with van der Waals surface area (Å²) < 4.78 is 0. The number of nitrogens with zero attached hydrogens (tertiary/aromatic N) is 1. The zero-order chi connectivity index (χ0) is 15.8. The van der Waals surface area contributed by atoms with E-state index in [1.165, 1.54) is 5.56 Å². The molecule has 0 aliphatic carbocycles. The number of thiocarbonyl (C=S) groups is 1. The van der Waals surface area contributed by atoms with E-state index in [4.69, 9.17) is 12.2 Å². The van der Waals surface area contributed by atoms with Gasteiger partial charge in [-0.2, -0.15) is 0 Å². The predicted octanol–water partition coefficient (Wildman–Crippen LogP) is 5.10. The maximum atomic E-state index is 5.12. The first-order valence-electron chi connectivity index (χ1n) is 6.80. The molecule has 1 N–H and O–H groups in total. The number of benzene rings is 1. The standard InChI is InChI=1S/C18H22N2S/c1-6-18(19-12-13(2)3)15(5)20-17-9-7-16(8-10-17)11-14(4)21/h6-10,12,20H,1,5,11H2,2-4H3. The van der Waals surface area contributed by atoms with Gasteiger partial charge in [-0.15, -0.1) is 0 Å². The lowest BCUT2D eigenvalue weighted by atomic mass is 10.1. The maximum absolute atomic E-state index is 5.12. The molecule has 21 heavy (non-hydrogen) atoms. The zero-order valence-corrected chi connectivity index (χ0v) is 13.8. The first-order valence-corrected chi connectivity index (χ1v) is 7.21. The van der Waals surface area contributed by atoms with Gasteiger partial charge in [0.05, 0.1) is 11.4 Å². The second-order valence-electron chi connectivity index (χ2n) is 5.10. The Morgan fingerprint density at radius 1 is 1.24 bits per heavy atom. The summed E-state index contributed by atoms with van der Waals surface area (Å²) in [6.07, 6.45) is 4.32. The average molecular weight is 298 g/mol. The highest BCUT2D eigenvalue weighted by atomic mass is 32.1. The third kappa shape index (κ3) is 6.32. The van der Waals surface area contributed by atoms with Gasteiger partial charge in [0, 0.05) is 18.3 Å². The molecule has 3 heteroatoms. The number of hydrogen-bond donors (Lipinski definition) is 1. The Hall–Kier alpha value is -2.00. The minimum atomic E-state index is 0.723. The summed E-state index contributed by atoms with van der Waals surface area (Å²) in [7, 11) is 0. The van der Waals surface area contributed by atoms with Crippen molar-refractivity contribution in [1.29, 1.82) is 0 Å². The minimum absolute atomic E-state index is 0.723. The van der Waals surface area contributed by atoms with Gasteiger partial charge in [-0.1, -0.05) is 43.1 Å². The largest absolute Gasteiger partial charge is 0.354 e. The molecule has 0 fully saturated rings. The summed E-state index contributed by atoms with van der Waals surface area (Å²) in [5.74, 6) is 0. The zero-order valence-electron chi connectivity index (χ0n) is 12.9. The van der Waals surface area contributed by atoms with Crippen LogP contribution in [0, 0.1) is 0 Å². The summed E-state index contributed by atoms with van der Waals surface area (Å²) >= 11 is 5.12. The van der Waals surface area contributed by atoms with E-state index in [0.717, 1.165) is 34.0 Å². The smallest absolute Gasteiger partial charge is 0.0852 e. The quantitative estimate of drug-likeness (QED) is 0.560. The van der Waals surface area contributed by atoms with E-state index in [1.54, 1.807) is 12.3 Å². The molecule has 0 bridgehead atoms. The van der Waals surface area contributed by atoms with Crippen molar-refractivity contribution in [3.63, 3.8) is 0 Å². The summed E-state index contributed by atoms with van der Waals surface area (Å²) in [5.41, 5.74) is 4.76. The van der Waals surface area contributed by atoms with Gasteiger partial charge in [-0.3, -0.25) is 4.99 Å². The van der Waals surface area contributed by atoms with Gasteiger partial charge in [0.25, 0.3) is 0 Å². The predicted molar refractivity (Wildman–Crippen MR) is 98.2 cm³/mol. The van der Waals surface area contributed by atoms with Crippen LogP contribution in [0.15, 0.2) is 66.0 Å². The molecule has 1 aromatic rings. The van der Waals surface area contributed by atoms with Gasteiger partial charge < -0.3 is 5.32 Å². The molecule has 0 saturated carbocycles. The van der Waals surface area contributed by atoms with E-state index in [-0.39, 0.29) is 0 Å². The Balaban J connectivity index is 2.78. The third-order valence-corrected chi connectivity index (χ3v) is 2.81. The van der Waals surface area contributed by atoms with Crippen molar-refractivity contribution in [3.8, 4) is 0 Å². The van der Waals surface area contributed by atoms with Crippen molar-refractivity contribution in [1.82, 2.24) is 0 Å². The second-order valence-corrected chi connectivity index (χ2v) is 5.80. The SMILES string of the molecule is C=CC(=NC=C(C)C)C(=C)Nc1ccc(CC(C)=S)cc1. The van der Waals surface area contributed by atoms with Gasteiger partial charge >= 0.3 is 0 Å². The van der Waals surface area contributed by atoms with Crippen LogP contribution < -0.4 is 5.32 Å². The highest BCUT2D eigenvalue weighted by molar-refractivity contribution is 7.80. The highest BCUT2D eigenvalue weighted by Gasteiger charge is 2.01. The molecule has 0 aliphatic heterocycles. The molecule has 0 unspecified atom stereocenters. The van der Waals surface area contributed by atoms with E-state index in [9.17, 15) is 0 Å². The Labute approximate surface area is 133 Å². The van der Waals surface area contributed by atoms with Gasteiger partial charge in [-0.25, -0.2) is 0 Å². The maximum Gasteiger partial charge on any atom is 0.0852 e. The average Bonchev–Trinajstić information content (AvgIpc) is 2.40. The van der Waals surface area contributed by atoms with Gasteiger partial charge in [0.15, 0.2) is 0 Å². The van der Waals surface area contributed by atoms with Crippen molar-refractivity contribution >= 4 is 28.5 Å². The number of anilines is 1. The van der Waals surface area contributed by atoms with Crippen molar-refractivity contribution in [2.45, 2.75) is 27.2 Å². The van der Waals surface area contributed by atoms with Gasteiger partial charge in [-0.05, 0) is 49.4 Å². The van der Waals surface area contributed by atoms with E-state index < -0.39 is 0 Å². The fourth-order valence-corrected chi connectivity index (χ4v) is 1.85. The molecule has 1 rings (SSSR count). The van der Waals surface area contributed by atoms with Crippen LogP contribution in [0.3, 0.4) is 0 Å². The first-order chi connectivity index (χ1) is 9.92. The van der Waals surface area contributed by atoms with Crippen LogP contribution in [0.2, 0.25) is 0 Å². The van der Waals surface area contributed by atoms with Crippen LogP contribution in [0.4, 0.5) is 5.69 Å². The summed E-state index contributed by atoms with van der Waals surface area (Å²) in [6.45, 7) is 13.7. The topological polar surface area (TPSA) is 24.4 Å². The fourth-order valence-electron chi connectivity index (χ4n) is 1.68. The van der Waals surface area contributed by atoms with Crippen LogP contribution in [-0.2, 0) is 6.42 Å². The summed E-state index contributed by atoms with van der Waals surface area (Å²) in [6, 6.07) is 8.15. The normalized spacial score (nSPS) is 10.7. The Bertz CT molecular complexity index is 588. The molecule has 0 radical (unpaired) electrons. The van der Waals surface area contributed by atoms with E-state index in [0.29, 0.717) is 0 Å². The summed E-state index contributed by atoms with van der Waals surface area (Å²) in [4.78, 5) is 5.34. The van der Waals surface area contributed by atoms with Gasteiger partial charge in [0.2, 0.25) is 0 Å². The van der Waals surface area contributed by atoms with Crippen LogP contribution in [0.1, 0.15) is 26.3 Å².